The first kappa shape index (κ1) is 14.3. The van der Waals surface area contributed by atoms with Crippen LogP contribution in [-0.4, -0.2) is 0 Å². The molecule has 0 fully saturated rings. The fourth-order valence-corrected chi connectivity index (χ4v) is 1.49. The molecule has 3 rings (SSSR count). The Morgan fingerprint density at radius 1 is 0.556 bits per heavy atom. The van der Waals surface area contributed by atoms with Gasteiger partial charge >= 0.3 is 0 Å². The molecule has 0 amide bonds. The lowest BCUT2D eigenvalue weighted by molar-refractivity contribution is 1.04. The molecular weight excluding hydrogens is 216 g/mol. The normalized spacial score (nSPS) is 17.8. The molecule has 0 nitrogen and oxygen atoms in total. The average Bonchev–Trinajstić information content (AvgIpc) is 2.54. The van der Waals surface area contributed by atoms with Crippen LogP contribution in [0.1, 0.15) is 32.1 Å². The van der Waals surface area contributed by atoms with E-state index in [1.54, 1.807) is 0 Å². The summed E-state index contributed by atoms with van der Waals surface area (Å²) in [4.78, 5) is 0. The van der Waals surface area contributed by atoms with Crippen molar-refractivity contribution in [2.24, 2.45) is 0 Å². The van der Waals surface area contributed by atoms with Gasteiger partial charge in [0.1, 0.15) is 0 Å². The predicted octanol–water partition coefficient (Wildman–Crippen LogP) is 5.44. The van der Waals surface area contributed by atoms with Crippen molar-refractivity contribution in [1.29, 1.82) is 0 Å². The summed E-state index contributed by atoms with van der Waals surface area (Å²) >= 11 is 0. The molecule has 0 spiro atoms. The van der Waals surface area contributed by atoms with Crippen LogP contribution in [0.5, 0.6) is 0 Å². The highest BCUT2D eigenvalue weighted by Crippen LogP contribution is 1.98. The van der Waals surface area contributed by atoms with E-state index in [0.717, 1.165) is 19.3 Å². The molecule has 0 aromatic heterocycles. The minimum absolute atomic E-state index is 1.05. The van der Waals surface area contributed by atoms with Crippen LogP contribution in [-0.2, 0) is 0 Å². The maximum atomic E-state index is 2.95. The summed E-state index contributed by atoms with van der Waals surface area (Å²) in [5, 5.41) is 0. The Balaban J connectivity index is 0.000000135. The molecule has 0 aromatic rings. The van der Waals surface area contributed by atoms with Crippen LogP contribution in [0, 0.1) is 0 Å². The fourth-order valence-electron chi connectivity index (χ4n) is 1.49. The van der Waals surface area contributed by atoms with Crippen molar-refractivity contribution in [2.75, 3.05) is 0 Å². The highest BCUT2D eigenvalue weighted by atomic mass is 13.8. The van der Waals surface area contributed by atoms with E-state index in [4.69, 9.17) is 0 Å². The van der Waals surface area contributed by atoms with Crippen molar-refractivity contribution in [1.82, 2.24) is 0 Å². The second-order valence-corrected chi connectivity index (χ2v) is 4.05. The maximum Gasteiger partial charge on any atom is -0.00896 e. The van der Waals surface area contributed by atoms with Gasteiger partial charge in [-0.15, -0.1) is 5.73 Å². The highest BCUT2D eigenvalue weighted by molar-refractivity contribution is 5.09. The molecule has 0 unspecified atom stereocenters. The van der Waals surface area contributed by atoms with Gasteiger partial charge in [-0.1, -0.05) is 60.8 Å². The number of hydrogen-bond acceptors (Lipinski definition) is 0. The van der Waals surface area contributed by atoms with Crippen molar-refractivity contribution in [3.05, 3.63) is 78.6 Å². The van der Waals surface area contributed by atoms with E-state index >= 15 is 0 Å². The molecule has 0 heterocycles. The molecule has 94 valence electrons. The van der Waals surface area contributed by atoms with E-state index in [9.17, 15) is 0 Å². The van der Waals surface area contributed by atoms with Gasteiger partial charge in [0.2, 0.25) is 0 Å². The summed E-state index contributed by atoms with van der Waals surface area (Å²) in [5.41, 5.74) is 2.95. The zero-order chi connectivity index (χ0) is 12.7. The van der Waals surface area contributed by atoms with E-state index in [2.05, 4.69) is 60.4 Å². The largest absolute Gasteiger partial charge is 0.125 e. The maximum absolute atomic E-state index is 2.95. The first-order valence-corrected chi connectivity index (χ1v) is 6.68. The van der Waals surface area contributed by atoms with Crippen LogP contribution in [0.2, 0.25) is 0 Å². The van der Waals surface area contributed by atoms with Crippen molar-refractivity contribution in [3.63, 3.8) is 0 Å². The third-order valence-corrected chi connectivity index (χ3v) is 2.46. The smallest absolute Gasteiger partial charge is 0.00896 e. The van der Waals surface area contributed by atoms with Crippen LogP contribution in [0.25, 0.3) is 0 Å². The molecule has 3 aliphatic carbocycles. The Labute approximate surface area is 111 Å². The fraction of sp³-hybridized carbons (Fsp3) is 0.278. The number of rotatable bonds is 0. The monoisotopic (exact) mass is 238 g/mol. The molecule has 18 heavy (non-hydrogen) atoms. The summed E-state index contributed by atoms with van der Waals surface area (Å²) in [5.74, 6) is 0. The summed E-state index contributed by atoms with van der Waals surface area (Å²) in [6.45, 7) is 0. The zero-order valence-electron chi connectivity index (χ0n) is 11.0. The van der Waals surface area contributed by atoms with Gasteiger partial charge in [-0.05, 0) is 44.3 Å². The first-order valence-electron chi connectivity index (χ1n) is 6.68. The quantitative estimate of drug-likeness (QED) is 0.389. The molecule has 0 bridgehead atoms. The number of hydrogen-bond donors (Lipinski definition) is 0. The second-order valence-electron chi connectivity index (χ2n) is 4.05. The lowest BCUT2D eigenvalue weighted by Crippen LogP contribution is -1.67. The third-order valence-electron chi connectivity index (χ3n) is 2.46. The average molecular weight is 238 g/mol. The van der Waals surface area contributed by atoms with E-state index in [-0.39, 0.29) is 0 Å². The van der Waals surface area contributed by atoms with E-state index in [1.165, 1.54) is 12.8 Å². The van der Waals surface area contributed by atoms with Crippen molar-refractivity contribution < 1.29 is 0 Å². The molecule has 0 atom stereocenters. The van der Waals surface area contributed by atoms with Gasteiger partial charge < -0.3 is 0 Å². The molecule has 0 saturated carbocycles. The summed E-state index contributed by atoms with van der Waals surface area (Å²) in [6.07, 6.45) is 31.1. The standard InChI is InChI=1S/2C6H8.C6H6/c3*1-2-4-6-5-3-1/h1-2,5-6H,3-4H2;1-4H,5-6H2;1-3,6H,4H2. The molecule has 0 aromatic carbocycles. The van der Waals surface area contributed by atoms with Crippen molar-refractivity contribution in [2.45, 2.75) is 32.1 Å². The van der Waals surface area contributed by atoms with Gasteiger partial charge in [0, 0.05) is 0 Å². The van der Waals surface area contributed by atoms with Crippen LogP contribution < -0.4 is 0 Å². The Morgan fingerprint density at radius 2 is 1.17 bits per heavy atom. The summed E-state index contributed by atoms with van der Waals surface area (Å²) < 4.78 is 0. The first-order chi connectivity index (χ1) is 9.00. The van der Waals surface area contributed by atoms with Crippen molar-refractivity contribution >= 4 is 0 Å². The van der Waals surface area contributed by atoms with Gasteiger partial charge in [-0.25, -0.2) is 0 Å². The Morgan fingerprint density at radius 3 is 1.33 bits per heavy atom. The molecule has 0 N–H and O–H groups in total. The molecular formula is C18H22. The van der Waals surface area contributed by atoms with Gasteiger partial charge in [0.15, 0.2) is 0 Å². The van der Waals surface area contributed by atoms with Gasteiger partial charge in [0.25, 0.3) is 0 Å². The zero-order valence-corrected chi connectivity index (χ0v) is 11.0. The van der Waals surface area contributed by atoms with Crippen LogP contribution in [0.3, 0.4) is 0 Å². The van der Waals surface area contributed by atoms with Crippen LogP contribution >= 0.6 is 0 Å². The topological polar surface area (TPSA) is 0 Å². The number of allylic oxidation sites excluding steroid dienone is 11. The summed E-state index contributed by atoms with van der Waals surface area (Å²) in [7, 11) is 0. The van der Waals surface area contributed by atoms with E-state index in [0.29, 0.717) is 0 Å². The van der Waals surface area contributed by atoms with E-state index < -0.39 is 0 Å². The minimum Gasteiger partial charge on any atom is -0.125 e. The van der Waals surface area contributed by atoms with Gasteiger partial charge in [-0.2, -0.15) is 0 Å². The van der Waals surface area contributed by atoms with Gasteiger partial charge in [-0.3, -0.25) is 0 Å². The lowest BCUT2D eigenvalue weighted by Gasteiger charge is -1.88. The second kappa shape index (κ2) is 11.7. The van der Waals surface area contributed by atoms with Gasteiger partial charge in [0.05, 0.1) is 0 Å². The highest BCUT2D eigenvalue weighted by Gasteiger charge is 1.77. The lowest BCUT2D eigenvalue weighted by atomic mass is 10.2. The summed E-state index contributed by atoms with van der Waals surface area (Å²) in [6, 6.07) is 0. The molecule has 0 heteroatoms. The minimum atomic E-state index is 1.05. The molecule has 0 aliphatic heterocycles. The SMILES string of the molecule is C1=CC=CCC=1.C1=CCC=CC1.C1=CCCC=C1. The van der Waals surface area contributed by atoms with Crippen LogP contribution in [0.15, 0.2) is 78.6 Å². The third kappa shape index (κ3) is 9.45. The predicted molar refractivity (Wildman–Crippen MR) is 81.4 cm³/mol. The Hall–Kier alpha value is -1.78. The molecule has 3 aliphatic rings. The van der Waals surface area contributed by atoms with Crippen LogP contribution in [0.4, 0.5) is 0 Å². The van der Waals surface area contributed by atoms with Crippen molar-refractivity contribution in [3.8, 4) is 0 Å². The molecule has 0 radical (unpaired) electrons. The Bertz CT molecular complexity index is 362. The van der Waals surface area contributed by atoms with E-state index in [1.807, 2.05) is 18.2 Å². The molecule has 0 saturated heterocycles. The Kier molecular flexibility index (Phi) is 9.28.